The summed E-state index contributed by atoms with van der Waals surface area (Å²) in [5.74, 6) is -0.549. The van der Waals surface area contributed by atoms with Crippen molar-refractivity contribution in [2.24, 2.45) is 0 Å². The maximum absolute atomic E-state index is 11.7. The lowest BCUT2D eigenvalue weighted by atomic mass is 9.98. The molecule has 0 amide bonds. The first-order chi connectivity index (χ1) is 28.6. The molecule has 11 atom stereocenters. The van der Waals surface area contributed by atoms with Gasteiger partial charge in [0.2, 0.25) is 0 Å². The van der Waals surface area contributed by atoms with Crippen LogP contribution >= 0.6 is 0 Å². The number of aliphatic hydroxyl groups excluding tert-OH is 7. The van der Waals surface area contributed by atoms with Crippen molar-refractivity contribution < 1.29 is 69.0 Å². The van der Waals surface area contributed by atoms with Gasteiger partial charge in [-0.15, -0.1) is 0 Å². The van der Waals surface area contributed by atoms with E-state index in [4.69, 9.17) is 28.4 Å². The van der Waals surface area contributed by atoms with E-state index in [-0.39, 0.29) is 13.2 Å². The highest BCUT2D eigenvalue weighted by molar-refractivity contribution is 5.66. The predicted molar refractivity (Wildman–Crippen MR) is 224 cm³/mol. The van der Waals surface area contributed by atoms with Crippen molar-refractivity contribution in [2.75, 3.05) is 33.0 Å². The van der Waals surface area contributed by atoms with Crippen LogP contribution in [0.1, 0.15) is 168 Å². The van der Waals surface area contributed by atoms with Gasteiger partial charge in [-0.05, 0) is 32.1 Å². The molecule has 7 N–H and O–H groups in total. The third kappa shape index (κ3) is 23.7. The van der Waals surface area contributed by atoms with Crippen LogP contribution in [0.4, 0.5) is 0 Å². The van der Waals surface area contributed by atoms with Crippen LogP contribution in [0.2, 0.25) is 0 Å². The van der Waals surface area contributed by atoms with Gasteiger partial charge in [0.05, 0.1) is 26.4 Å². The molecule has 2 heterocycles. The molecular weight excluding hydrogens is 764 g/mol. The molecule has 2 aliphatic heterocycles. The largest absolute Gasteiger partial charge is 0.458 e. The molecule has 0 aliphatic carbocycles. The van der Waals surface area contributed by atoms with Crippen LogP contribution in [0.3, 0.4) is 0 Å². The minimum Gasteiger partial charge on any atom is -0.458 e. The lowest BCUT2D eigenvalue weighted by molar-refractivity contribution is -0.332. The normalized spacial score (nSPS) is 28.0. The summed E-state index contributed by atoms with van der Waals surface area (Å²) in [5.41, 5.74) is 0. The number of unbranched alkanes of at least 4 members (excludes halogenated alkanes) is 22. The molecule has 0 spiro atoms. The maximum Gasteiger partial charge on any atom is 0.303 e. The van der Waals surface area contributed by atoms with Crippen molar-refractivity contribution >= 4 is 5.97 Å². The van der Waals surface area contributed by atoms with Gasteiger partial charge in [-0.2, -0.15) is 0 Å². The zero-order valence-corrected chi connectivity index (χ0v) is 36.5. The Balaban J connectivity index is 1.46. The highest BCUT2D eigenvalue weighted by atomic mass is 16.7. The van der Waals surface area contributed by atoms with Crippen LogP contribution in [0.5, 0.6) is 0 Å². The summed E-state index contributed by atoms with van der Waals surface area (Å²) in [6, 6.07) is 0. The average Bonchev–Trinajstić information content (AvgIpc) is 3.22. The second-order valence-corrected chi connectivity index (χ2v) is 16.7. The van der Waals surface area contributed by atoms with Crippen molar-refractivity contribution in [1.82, 2.24) is 0 Å². The average molecular weight is 849 g/mol. The quantitative estimate of drug-likeness (QED) is 0.0235. The van der Waals surface area contributed by atoms with Gasteiger partial charge in [0.25, 0.3) is 0 Å². The van der Waals surface area contributed by atoms with Gasteiger partial charge >= 0.3 is 5.97 Å². The molecule has 0 radical (unpaired) electrons. The number of hydrogen-bond donors (Lipinski definition) is 7. The lowest BCUT2D eigenvalue weighted by Crippen LogP contribution is -2.61. The molecule has 2 fully saturated rings. The van der Waals surface area contributed by atoms with E-state index in [1.54, 1.807) is 0 Å². The number of esters is 1. The Bertz CT molecular complexity index is 1030. The topological polar surface area (TPSA) is 214 Å². The van der Waals surface area contributed by atoms with Gasteiger partial charge in [-0.1, -0.05) is 141 Å². The van der Waals surface area contributed by atoms with Gasteiger partial charge in [0, 0.05) is 13.5 Å². The fourth-order valence-corrected chi connectivity index (χ4v) is 7.57. The van der Waals surface area contributed by atoms with Gasteiger partial charge in [0.15, 0.2) is 12.6 Å². The first-order valence-electron chi connectivity index (χ1n) is 23.2. The molecule has 14 heteroatoms. The Kier molecular flexibility index (Phi) is 31.3. The first kappa shape index (κ1) is 53.9. The van der Waals surface area contributed by atoms with Crippen molar-refractivity contribution in [3.63, 3.8) is 0 Å². The van der Waals surface area contributed by atoms with E-state index in [1.165, 1.54) is 142 Å². The molecular formula is C45H84O14. The van der Waals surface area contributed by atoms with E-state index >= 15 is 0 Å². The van der Waals surface area contributed by atoms with Crippen LogP contribution in [0.25, 0.3) is 0 Å². The van der Waals surface area contributed by atoms with Crippen molar-refractivity contribution in [1.29, 1.82) is 0 Å². The summed E-state index contributed by atoms with van der Waals surface area (Å²) in [4.78, 5) is 11.7. The van der Waals surface area contributed by atoms with Crippen molar-refractivity contribution in [3.8, 4) is 0 Å². The predicted octanol–water partition coefficient (Wildman–Crippen LogP) is 5.51. The summed E-state index contributed by atoms with van der Waals surface area (Å²) < 4.78 is 33.1. The second-order valence-electron chi connectivity index (χ2n) is 16.7. The number of aliphatic hydroxyl groups is 7. The number of carbonyl (C=O) groups excluding carboxylic acids is 1. The molecule has 2 rings (SSSR count). The molecule has 348 valence electrons. The molecule has 0 bridgehead atoms. The van der Waals surface area contributed by atoms with E-state index in [0.29, 0.717) is 6.61 Å². The molecule has 0 aromatic heterocycles. The van der Waals surface area contributed by atoms with E-state index in [0.717, 1.165) is 19.3 Å². The number of rotatable bonds is 36. The van der Waals surface area contributed by atoms with Crippen LogP contribution < -0.4 is 0 Å². The highest BCUT2D eigenvalue weighted by Crippen LogP contribution is 2.26. The van der Waals surface area contributed by atoms with Crippen molar-refractivity contribution in [2.45, 2.75) is 235 Å². The number of carbonyl (C=O) groups is 1. The third-order valence-corrected chi connectivity index (χ3v) is 11.3. The van der Waals surface area contributed by atoms with Gasteiger partial charge in [0.1, 0.15) is 54.9 Å². The van der Waals surface area contributed by atoms with E-state index in [1.807, 2.05) is 0 Å². The van der Waals surface area contributed by atoms with Crippen molar-refractivity contribution in [3.05, 3.63) is 12.2 Å². The molecule has 14 nitrogen and oxygen atoms in total. The summed E-state index contributed by atoms with van der Waals surface area (Å²) >= 11 is 0. The Labute approximate surface area is 354 Å². The second kappa shape index (κ2) is 34.2. The van der Waals surface area contributed by atoms with E-state index in [9.17, 15) is 40.5 Å². The minimum atomic E-state index is -1.70. The standard InChI is InChI=1S/C45H84O14/c1-3-4-5-6-7-8-9-10-11-12-13-14-15-16-17-18-19-20-21-22-23-24-25-26-27-28-29-54-31-35(57-34(2)47)32-55-44-43(53)41(51)39(49)37(59-44)33-56-45-42(52)40(50)38(48)36(30-46)58-45/h12-13,35-46,48-53H,3-11,14-33H2,1-2H3/b13-12-. The van der Waals surface area contributed by atoms with Crippen LogP contribution in [-0.4, -0.2) is 142 Å². The Morgan fingerprint density at radius 1 is 0.542 bits per heavy atom. The van der Waals surface area contributed by atoms with Crippen LogP contribution in [-0.2, 0) is 33.2 Å². The van der Waals surface area contributed by atoms with Gasteiger partial charge < -0.3 is 64.2 Å². The molecule has 0 aromatic rings. The van der Waals surface area contributed by atoms with Gasteiger partial charge in [-0.3, -0.25) is 4.79 Å². The summed E-state index contributed by atoms with van der Waals surface area (Å²) in [5, 5.41) is 71.0. The monoisotopic (exact) mass is 849 g/mol. The van der Waals surface area contributed by atoms with E-state index < -0.39 is 86.7 Å². The van der Waals surface area contributed by atoms with Crippen LogP contribution in [0.15, 0.2) is 12.2 Å². The third-order valence-electron chi connectivity index (χ3n) is 11.3. The maximum atomic E-state index is 11.7. The molecule has 59 heavy (non-hydrogen) atoms. The fourth-order valence-electron chi connectivity index (χ4n) is 7.57. The number of hydrogen-bond acceptors (Lipinski definition) is 14. The zero-order valence-electron chi connectivity index (χ0n) is 36.5. The first-order valence-corrected chi connectivity index (χ1v) is 23.2. The Morgan fingerprint density at radius 3 is 1.44 bits per heavy atom. The number of ether oxygens (including phenoxy) is 6. The molecule has 0 aromatic carbocycles. The Morgan fingerprint density at radius 2 is 0.966 bits per heavy atom. The SMILES string of the molecule is CCCCCCCCCC/C=C\CCCCCCCCCCCCCCCCOCC(COC1OC(COC2OC(CO)C(O)C(O)C2O)C(O)C(O)C1O)OC(C)=O. The summed E-state index contributed by atoms with van der Waals surface area (Å²) in [6.45, 7) is 2.69. The van der Waals surface area contributed by atoms with Gasteiger partial charge in [-0.25, -0.2) is 0 Å². The summed E-state index contributed by atoms with van der Waals surface area (Å²) in [6.07, 6.45) is 19.8. The zero-order chi connectivity index (χ0) is 43.1. The highest BCUT2D eigenvalue weighted by Gasteiger charge is 2.47. The number of allylic oxidation sites excluding steroid dienone is 2. The van der Waals surface area contributed by atoms with E-state index in [2.05, 4.69) is 19.1 Å². The molecule has 2 saturated heterocycles. The lowest BCUT2D eigenvalue weighted by Gasteiger charge is -2.42. The molecule has 0 saturated carbocycles. The van der Waals surface area contributed by atoms with Crippen LogP contribution in [0, 0.1) is 0 Å². The Hall–Kier alpha value is -1.27. The summed E-state index contributed by atoms with van der Waals surface area (Å²) in [7, 11) is 0. The smallest absolute Gasteiger partial charge is 0.303 e. The fraction of sp³-hybridized carbons (Fsp3) is 0.933. The molecule has 2 aliphatic rings. The minimum absolute atomic E-state index is 0.0496. The molecule has 11 unspecified atom stereocenters.